The summed E-state index contributed by atoms with van der Waals surface area (Å²) in [5, 5.41) is 10.6. The summed E-state index contributed by atoms with van der Waals surface area (Å²) in [6.07, 6.45) is 0. The number of hydrogen-bond acceptors (Lipinski definition) is 4. The minimum atomic E-state index is -0.327. The molecule has 4 nitrogen and oxygen atoms in total. The molecule has 0 aliphatic carbocycles. The molecule has 92 valence electrons. The summed E-state index contributed by atoms with van der Waals surface area (Å²) in [7, 11) is 0. The summed E-state index contributed by atoms with van der Waals surface area (Å²) in [6.45, 7) is 3.51. The van der Waals surface area contributed by atoms with Gasteiger partial charge in [0.25, 0.3) is 0 Å². The number of carbonyl (C=O) groups is 1. The Hall–Kier alpha value is -1.35. The zero-order valence-electron chi connectivity index (χ0n) is 9.77. The average Bonchev–Trinajstić information content (AvgIpc) is 2.72. The lowest BCUT2D eigenvalue weighted by molar-refractivity contribution is -0.119. The fraction of sp³-hybridized carbons (Fsp3) is 0.417. The fourth-order valence-electron chi connectivity index (χ4n) is 1.41. The van der Waals surface area contributed by atoms with E-state index in [9.17, 15) is 4.79 Å². The molecule has 0 aliphatic rings. The van der Waals surface area contributed by atoms with E-state index in [2.05, 4.69) is 11.8 Å². The standard InChI is InChI=1S/C12H16N2O2S/c1-2-14(9-12(13)16)8-11-10(4-3-6-15)5-7-17-11/h5,7,15H,2,6,8-9H2,1H3,(H2,13,16). The van der Waals surface area contributed by atoms with Gasteiger partial charge in [-0.05, 0) is 18.0 Å². The molecule has 0 unspecified atom stereocenters. The van der Waals surface area contributed by atoms with Crippen molar-refractivity contribution in [3.63, 3.8) is 0 Å². The smallest absolute Gasteiger partial charge is 0.231 e. The molecular weight excluding hydrogens is 236 g/mol. The van der Waals surface area contributed by atoms with Crippen molar-refractivity contribution in [3.8, 4) is 11.8 Å². The molecule has 1 aromatic rings. The van der Waals surface area contributed by atoms with Crippen molar-refractivity contribution >= 4 is 17.2 Å². The summed E-state index contributed by atoms with van der Waals surface area (Å²) in [4.78, 5) is 13.9. The number of aliphatic hydroxyl groups is 1. The molecule has 1 rings (SSSR count). The summed E-state index contributed by atoms with van der Waals surface area (Å²) in [6, 6.07) is 1.92. The molecule has 1 amide bonds. The van der Waals surface area contributed by atoms with Gasteiger partial charge in [0.1, 0.15) is 6.61 Å². The number of carbonyl (C=O) groups excluding carboxylic acids is 1. The molecule has 0 saturated heterocycles. The SMILES string of the molecule is CCN(CC(N)=O)Cc1sccc1C#CCO. The third-order valence-electron chi connectivity index (χ3n) is 2.24. The Balaban J connectivity index is 2.72. The first-order valence-electron chi connectivity index (χ1n) is 5.34. The normalized spacial score (nSPS) is 10.1. The molecule has 0 radical (unpaired) electrons. The maximum absolute atomic E-state index is 10.9. The highest BCUT2D eigenvalue weighted by atomic mass is 32.1. The lowest BCUT2D eigenvalue weighted by Crippen LogP contribution is -2.33. The molecule has 0 saturated carbocycles. The van der Waals surface area contributed by atoms with Crippen LogP contribution >= 0.6 is 11.3 Å². The van der Waals surface area contributed by atoms with E-state index in [4.69, 9.17) is 10.8 Å². The minimum Gasteiger partial charge on any atom is -0.384 e. The number of amides is 1. The highest BCUT2D eigenvalue weighted by Crippen LogP contribution is 2.17. The minimum absolute atomic E-state index is 0.145. The second-order valence-corrected chi connectivity index (χ2v) is 4.49. The topological polar surface area (TPSA) is 66.6 Å². The predicted molar refractivity (Wildman–Crippen MR) is 68.4 cm³/mol. The summed E-state index contributed by atoms with van der Waals surface area (Å²) in [5.74, 6) is 5.19. The third-order valence-corrected chi connectivity index (χ3v) is 3.15. The monoisotopic (exact) mass is 252 g/mol. The number of nitrogens with two attached hydrogens (primary N) is 1. The molecule has 0 fully saturated rings. The van der Waals surface area contributed by atoms with Crippen LogP contribution in [0, 0.1) is 11.8 Å². The van der Waals surface area contributed by atoms with Crippen molar-refractivity contribution in [2.45, 2.75) is 13.5 Å². The molecule has 0 spiro atoms. The van der Waals surface area contributed by atoms with Crippen molar-refractivity contribution in [1.82, 2.24) is 4.90 Å². The van der Waals surface area contributed by atoms with Gasteiger partial charge < -0.3 is 10.8 Å². The predicted octanol–water partition coefficient (Wildman–Crippen LogP) is 0.399. The third kappa shape index (κ3) is 4.57. The molecule has 0 atom stereocenters. The van der Waals surface area contributed by atoms with Gasteiger partial charge >= 0.3 is 0 Å². The van der Waals surface area contributed by atoms with Gasteiger partial charge in [-0.3, -0.25) is 9.69 Å². The number of rotatable bonds is 5. The highest BCUT2D eigenvalue weighted by Gasteiger charge is 2.10. The first-order chi connectivity index (χ1) is 8.17. The van der Waals surface area contributed by atoms with Gasteiger partial charge in [-0.15, -0.1) is 11.3 Å². The number of aliphatic hydroxyl groups excluding tert-OH is 1. The van der Waals surface area contributed by atoms with Gasteiger partial charge in [0.15, 0.2) is 0 Å². The lowest BCUT2D eigenvalue weighted by Gasteiger charge is -2.17. The molecule has 1 aromatic heterocycles. The largest absolute Gasteiger partial charge is 0.384 e. The van der Waals surface area contributed by atoms with Crippen molar-refractivity contribution in [2.24, 2.45) is 5.73 Å². The Bertz CT molecular complexity index is 431. The van der Waals surface area contributed by atoms with Crippen molar-refractivity contribution < 1.29 is 9.90 Å². The number of nitrogens with zero attached hydrogens (tertiary/aromatic N) is 1. The van der Waals surface area contributed by atoms with Crippen LogP contribution in [0.25, 0.3) is 0 Å². The van der Waals surface area contributed by atoms with Crippen molar-refractivity contribution in [1.29, 1.82) is 0 Å². The lowest BCUT2D eigenvalue weighted by atomic mass is 10.2. The Morgan fingerprint density at radius 2 is 2.41 bits per heavy atom. The second kappa shape index (κ2) is 7.07. The van der Waals surface area contributed by atoms with Crippen LogP contribution in [0.1, 0.15) is 17.4 Å². The Morgan fingerprint density at radius 3 is 3.00 bits per heavy atom. The van der Waals surface area contributed by atoms with E-state index in [1.54, 1.807) is 11.3 Å². The first-order valence-corrected chi connectivity index (χ1v) is 6.22. The maximum Gasteiger partial charge on any atom is 0.231 e. The Kier molecular flexibility index (Phi) is 5.70. The summed E-state index contributed by atoms with van der Waals surface area (Å²) in [5.41, 5.74) is 6.09. The number of primary amides is 1. The second-order valence-electron chi connectivity index (χ2n) is 3.49. The molecule has 5 heteroatoms. The van der Waals surface area contributed by atoms with Crippen LogP contribution in [0.5, 0.6) is 0 Å². The molecule has 1 heterocycles. The van der Waals surface area contributed by atoms with Crippen LogP contribution in [0.2, 0.25) is 0 Å². The first kappa shape index (κ1) is 13.7. The zero-order valence-corrected chi connectivity index (χ0v) is 10.6. The van der Waals surface area contributed by atoms with E-state index in [1.807, 2.05) is 23.3 Å². The van der Waals surface area contributed by atoms with E-state index >= 15 is 0 Å². The van der Waals surface area contributed by atoms with E-state index in [1.165, 1.54) is 0 Å². The van der Waals surface area contributed by atoms with Crippen LogP contribution in [-0.4, -0.2) is 35.6 Å². The van der Waals surface area contributed by atoms with Gasteiger partial charge in [-0.2, -0.15) is 0 Å². The van der Waals surface area contributed by atoms with Gasteiger partial charge in [-0.1, -0.05) is 18.8 Å². The fourth-order valence-corrected chi connectivity index (χ4v) is 2.28. The Labute approximate surface area is 105 Å². The number of likely N-dealkylation sites (N-methyl/N-ethyl adjacent to an activating group) is 1. The number of thiophene rings is 1. The average molecular weight is 252 g/mol. The highest BCUT2D eigenvalue weighted by molar-refractivity contribution is 7.10. The van der Waals surface area contributed by atoms with Crippen molar-refractivity contribution in [2.75, 3.05) is 19.7 Å². The van der Waals surface area contributed by atoms with Crippen LogP contribution < -0.4 is 5.73 Å². The van der Waals surface area contributed by atoms with Gasteiger partial charge in [0, 0.05) is 17.0 Å². The van der Waals surface area contributed by atoms with E-state index in [0.717, 1.165) is 17.0 Å². The van der Waals surface area contributed by atoms with Crippen LogP contribution in [-0.2, 0) is 11.3 Å². The molecule has 0 bridgehead atoms. The van der Waals surface area contributed by atoms with Gasteiger partial charge in [-0.25, -0.2) is 0 Å². The van der Waals surface area contributed by atoms with Crippen LogP contribution in [0.4, 0.5) is 0 Å². The van der Waals surface area contributed by atoms with Crippen LogP contribution in [0.15, 0.2) is 11.4 Å². The van der Waals surface area contributed by atoms with E-state index < -0.39 is 0 Å². The van der Waals surface area contributed by atoms with E-state index in [-0.39, 0.29) is 19.1 Å². The van der Waals surface area contributed by atoms with Crippen LogP contribution in [0.3, 0.4) is 0 Å². The molecule has 17 heavy (non-hydrogen) atoms. The summed E-state index contributed by atoms with van der Waals surface area (Å²) < 4.78 is 0. The van der Waals surface area contributed by atoms with E-state index in [0.29, 0.717) is 6.54 Å². The summed E-state index contributed by atoms with van der Waals surface area (Å²) >= 11 is 1.59. The Morgan fingerprint density at radius 1 is 1.65 bits per heavy atom. The molecular formula is C12H16N2O2S. The van der Waals surface area contributed by atoms with Crippen molar-refractivity contribution in [3.05, 3.63) is 21.9 Å². The molecule has 0 aliphatic heterocycles. The maximum atomic E-state index is 10.9. The quantitative estimate of drug-likeness (QED) is 0.745. The zero-order chi connectivity index (χ0) is 12.7. The molecule has 3 N–H and O–H groups in total. The van der Waals surface area contributed by atoms with Gasteiger partial charge in [0.2, 0.25) is 5.91 Å². The number of hydrogen-bond donors (Lipinski definition) is 2. The molecule has 0 aromatic carbocycles. The van der Waals surface area contributed by atoms with Gasteiger partial charge in [0.05, 0.1) is 6.54 Å².